The molecule has 1 heterocycles. The molecule has 2 rings (SSSR count). The Hall–Kier alpha value is -1.85. The maximum Gasteiger partial charge on any atom is 0.329 e. The molecule has 0 aromatic carbocycles. The zero-order valence-electron chi connectivity index (χ0n) is 11.9. The summed E-state index contributed by atoms with van der Waals surface area (Å²) in [6.45, 7) is 3.81. The van der Waals surface area contributed by atoms with E-state index in [9.17, 15) is 14.7 Å². The second-order valence-corrected chi connectivity index (χ2v) is 5.58. The highest BCUT2D eigenvalue weighted by Gasteiger charge is 2.42. The van der Waals surface area contributed by atoms with Crippen LogP contribution in [0.2, 0.25) is 0 Å². The first kappa shape index (κ1) is 14.6. The molecular weight excluding hydrogens is 258 g/mol. The van der Waals surface area contributed by atoms with Crippen LogP contribution in [0.1, 0.15) is 44.9 Å². The number of hydrogen-bond acceptors (Lipinski definition) is 4. The summed E-state index contributed by atoms with van der Waals surface area (Å²) >= 11 is 0. The van der Waals surface area contributed by atoms with Crippen LogP contribution < -0.4 is 10.9 Å². The first-order chi connectivity index (χ1) is 9.45. The van der Waals surface area contributed by atoms with Crippen molar-refractivity contribution in [3.8, 4) is 0 Å². The van der Waals surface area contributed by atoms with Crippen LogP contribution in [-0.2, 0) is 4.79 Å². The predicted octanol–water partition coefficient (Wildman–Crippen LogP) is 1.91. The molecule has 6 nitrogen and oxygen atoms in total. The van der Waals surface area contributed by atoms with Gasteiger partial charge in [-0.3, -0.25) is 4.79 Å². The molecule has 0 spiro atoms. The van der Waals surface area contributed by atoms with Crippen LogP contribution in [0.25, 0.3) is 0 Å². The van der Waals surface area contributed by atoms with Gasteiger partial charge in [0.1, 0.15) is 17.2 Å². The molecule has 0 saturated heterocycles. The fourth-order valence-electron chi connectivity index (χ4n) is 2.86. The normalized spacial score (nSPS) is 26.2. The third-order valence-electron chi connectivity index (χ3n) is 4.17. The predicted molar refractivity (Wildman–Crippen MR) is 75.8 cm³/mol. The van der Waals surface area contributed by atoms with Crippen LogP contribution in [0.5, 0.6) is 0 Å². The maximum atomic E-state index is 11.7. The van der Waals surface area contributed by atoms with Gasteiger partial charge in [0, 0.05) is 6.07 Å². The summed E-state index contributed by atoms with van der Waals surface area (Å²) in [6, 6.07) is 1.31. The van der Waals surface area contributed by atoms with Crippen molar-refractivity contribution in [1.82, 2.24) is 9.97 Å². The van der Waals surface area contributed by atoms with E-state index in [1.165, 1.54) is 6.07 Å². The Morgan fingerprint density at radius 1 is 1.55 bits per heavy atom. The number of rotatable bonds is 4. The van der Waals surface area contributed by atoms with E-state index in [4.69, 9.17) is 0 Å². The monoisotopic (exact) mass is 279 g/mol. The van der Waals surface area contributed by atoms with E-state index >= 15 is 0 Å². The lowest BCUT2D eigenvalue weighted by Gasteiger charge is -2.37. The van der Waals surface area contributed by atoms with Crippen molar-refractivity contribution in [2.24, 2.45) is 5.92 Å². The van der Waals surface area contributed by atoms with E-state index in [1.807, 2.05) is 0 Å². The summed E-state index contributed by atoms with van der Waals surface area (Å²) in [5.74, 6) is 0.538. The molecule has 0 unspecified atom stereocenters. The Balaban J connectivity index is 2.22. The zero-order valence-corrected chi connectivity index (χ0v) is 11.9. The molecule has 1 aliphatic rings. The van der Waals surface area contributed by atoms with Gasteiger partial charge in [0.15, 0.2) is 0 Å². The highest BCUT2D eigenvalue weighted by Crippen LogP contribution is 2.35. The van der Waals surface area contributed by atoms with E-state index in [-0.39, 0.29) is 5.56 Å². The van der Waals surface area contributed by atoms with Crippen molar-refractivity contribution in [2.75, 3.05) is 5.32 Å². The second-order valence-electron chi connectivity index (χ2n) is 5.58. The van der Waals surface area contributed by atoms with Crippen molar-refractivity contribution >= 4 is 11.8 Å². The minimum absolute atomic E-state index is 0.275. The fourth-order valence-corrected chi connectivity index (χ4v) is 2.86. The van der Waals surface area contributed by atoms with E-state index in [0.717, 1.165) is 19.3 Å². The van der Waals surface area contributed by atoms with E-state index in [1.54, 1.807) is 6.92 Å². The molecule has 0 bridgehead atoms. The lowest BCUT2D eigenvalue weighted by molar-refractivity contribution is -0.143. The van der Waals surface area contributed by atoms with Crippen molar-refractivity contribution in [3.05, 3.63) is 22.2 Å². The molecule has 0 amide bonds. The van der Waals surface area contributed by atoms with Crippen LogP contribution in [0.3, 0.4) is 0 Å². The van der Waals surface area contributed by atoms with Gasteiger partial charge in [0.2, 0.25) is 0 Å². The summed E-state index contributed by atoms with van der Waals surface area (Å²) in [5, 5.41) is 12.6. The van der Waals surface area contributed by atoms with Crippen LogP contribution in [0.4, 0.5) is 5.82 Å². The quantitative estimate of drug-likeness (QED) is 0.782. The summed E-state index contributed by atoms with van der Waals surface area (Å²) in [5.41, 5.74) is -1.28. The van der Waals surface area contributed by atoms with Crippen molar-refractivity contribution in [2.45, 2.75) is 51.5 Å². The molecule has 3 N–H and O–H groups in total. The molecule has 1 aliphatic carbocycles. The van der Waals surface area contributed by atoms with Crippen LogP contribution in [0.15, 0.2) is 10.9 Å². The SMILES string of the molecule is CCC1CCC(Nc2cc(=O)[nH]c(C)n2)(C(=O)O)CC1. The highest BCUT2D eigenvalue weighted by atomic mass is 16.4. The van der Waals surface area contributed by atoms with Gasteiger partial charge in [0.05, 0.1) is 0 Å². The maximum absolute atomic E-state index is 11.7. The van der Waals surface area contributed by atoms with Crippen molar-refractivity contribution in [1.29, 1.82) is 0 Å². The van der Waals surface area contributed by atoms with Crippen molar-refractivity contribution < 1.29 is 9.90 Å². The van der Waals surface area contributed by atoms with Gasteiger partial charge in [-0.2, -0.15) is 0 Å². The van der Waals surface area contributed by atoms with Gasteiger partial charge in [-0.05, 0) is 38.5 Å². The number of H-pyrrole nitrogens is 1. The van der Waals surface area contributed by atoms with Gasteiger partial charge in [-0.25, -0.2) is 9.78 Å². The number of carboxylic acid groups (broad SMARTS) is 1. The van der Waals surface area contributed by atoms with Crippen LogP contribution in [0, 0.1) is 12.8 Å². The molecule has 20 heavy (non-hydrogen) atoms. The number of aromatic amines is 1. The Bertz CT molecular complexity index is 545. The third-order valence-corrected chi connectivity index (χ3v) is 4.17. The van der Waals surface area contributed by atoms with E-state index in [2.05, 4.69) is 22.2 Å². The standard InChI is InChI=1S/C14H21N3O3/c1-3-10-4-6-14(7-5-10,13(19)20)17-11-8-12(18)16-9(2)15-11/h8,10H,3-7H2,1-2H3,(H,19,20)(H2,15,16,17,18). The largest absolute Gasteiger partial charge is 0.480 e. The van der Waals surface area contributed by atoms with E-state index in [0.29, 0.717) is 30.4 Å². The van der Waals surface area contributed by atoms with Gasteiger partial charge >= 0.3 is 5.97 Å². The molecular formula is C14H21N3O3. The summed E-state index contributed by atoms with van der Waals surface area (Å²) in [4.78, 5) is 29.8. The van der Waals surface area contributed by atoms with Gasteiger partial charge < -0.3 is 15.4 Å². The topological polar surface area (TPSA) is 95.1 Å². The van der Waals surface area contributed by atoms with Crippen LogP contribution >= 0.6 is 0 Å². The fraction of sp³-hybridized carbons (Fsp3) is 0.643. The molecule has 110 valence electrons. The number of carbonyl (C=O) groups is 1. The zero-order chi connectivity index (χ0) is 14.8. The molecule has 0 radical (unpaired) electrons. The number of nitrogens with zero attached hydrogens (tertiary/aromatic N) is 1. The number of aliphatic carboxylic acids is 1. The molecule has 1 fully saturated rings. The summed E-state index contributed by atoms with van der Waals surface area (Å²) in [7, 11) is 0. The average molecular weight is 279 g/mol. The number of carboxylic acids is 1. The number of nitrogens with one attached hydrogen (secondary N) is 2. The molecule has 1 aromatic rings. The minimum atomic E-state index is -1.00. The van der Waals surface area contributed by atoms with Gasteiger partial charge in [-0.1, -0.05) is 13.3 Å². The van der Waals surface area contributed by atoms with Gasteiger partial charge in [0.25, 0.3) is 5.56 Å². The first-order valence-corrected chi connectivity index (χ1v) is 7.05. The summed E-state index contributed by atoms with van der Waals surface area (Å²) < 4.78 is 0. The lowest BCUT2D eigenvalue weighted by atomic mass is 9.75. The number of anilines is 1. The highest BCUT2D eigenvalue weighted by molar-refractivity contribution is 5.82. The van der Waals surface area contributed by atoms with Crippen molar-refractivity contribution in [3.63, 3.8) is 0 Å². The Morgan fingerprint density at radius 2 is 2.20 bits per heavy atom. The summed E-state index contributed by atoms with van der Waals surface area (Å²) in [6.07, 6.45) is 3.98. The number of hydrogen-bond donors (Lipinski definition) is 3. The molecule has 1 saturated carbocycles. The molecule has 1 aromatic heterocycles. The average Bonchev–Trinajstić information content (AvgIpc) is 2.38. The smallest absolute Gasteiger partial charge is 0.329 e. The Kier molecular flexibility index (Phi) is 4.11. The van der Waals surface area contributed by atoms with E-state index < -0.39 is 11.5 Å². The Labute approximate surface area is 117 Å². The van der Waals surface area contributed by atoms with Crippen LogP contribution in [-0.4, -0.2) is 26.6 Å². The Morgan fingerprint density at radius 3 is 2.70 bits per heavy atom. The molecule has 0 atom stereocenters. The van der Waals surface area contributed by atoms with Gasteiger partial charge in [-0.15, -0.1) is 0 Å². The number of aromatic nitrogens is 2. The number of aryl methyl sites for hydroxylation is 1. The molecule has 0 aliphatic heterocycles. The lowest BCUT2D eigenvalue weighted by Crippen LogP contribution is -2.49. The third kappa shape index (κ3) is 3.00. The molecule has 6 heteroatoms. The first-order valence-electron chi connectivity index (χ1n) is 7.05. The minimum Gasteiger partial charge on any atom is -0.480 e. The second kappa shape index (κ2) is 5.64.